The van der Waals surface area contributed by atoms with Gasteiger partial charge in [0.1, 0.15) is 0 Å². The molecule has 94 valence electrons. The molecule has 0 aromatic heterocycles. The van der Waals surface area contributed by atoms with Crippen LogP contribution in [-0.2, 0) is 0 Å². The fraction of sp³-hybridized carbons (Fsp3) is 0.188. The molecule has 0 spiro atoms. The molecule has 0 radical (unpaired) electrons. The van der Waals surface area contributed by atoms with Gasteiger partial charge in [0, 0.05) is 11.1 Å². The first-order valence-electron chi connectivity index (χ1n) is 5.97. The molecular weight excluding hydrogens is 262 g/mol. The number of carbonyl (C=O) groups excluding carboxylic acids is 1. The number of ketones is 1. The van der Waals surface area contributed by atoms with Gasteiger partial charge in [-0.05, 0) is 37.2 Å². The van der Waals surface area contributed by atoms with Crippen molar-refractivity contribution in [3.63, 3.8) is 0 Å². The predicted octanol–water partition coefficient (Wildman–Crippen LogP) is 0.460. The summed E-state index contributed by atoms with van der Waals surface area (Å²) < 4.78 is 0. The van der Waals surface area contributed by atoms with E-state index in [1.54, 1.807) is 0 Å². The van der Waals surface area contributed by atoms with Gasteiger partial charge in [0.05, 0.1) is 0 Å². The van der Waals surface area contributed by atoms with Crippen LogP contribution in [0.3, 0.4) is 0 Å². The molecule has 0 amide bonds. The normalized spacial score (nSPS) is 9.89. The van der Waals surface area contributed by atoms with Crippen molar-refractivity contribution in [1.82, 2.24) is 0 Å². The van der Waals surface area contributed by atoms with Crippen LogP contribution >= 0.6 is 9.24 Å². The fourth-order valence-corrected chi connectivity index (χ4v) is 2.72. The van der Waals surface area contributed by atoms with E-state index in [4.69, 9.17) is 0 Å². The summed E-state index contributed by atoms with van der Waals surface area (Å²) in [6.07, 6.45) is 0. The van der Waals surface area contributed by atoms with Gasteiger partial charge in [0.2, 0.25) is 0 Å². The summed E-state index contributed by atoms with van der Waals surface area (Å²) in [7, 11) is 2.63. The molecule has 1 atom stereocenters. The molecule has 0 fully saturated rings. The van der Waals surface area contributed by atoms with Gasteiger partial charge >= 0.3 is 29.6 Å². The summed E-state index contributed by atoms with van der Waals surface area (Å²) in [5.74, 6) is 0.107. The predicted molar refractivity (Wildman–Crippen MR) is 81.0 cm³/mol. The summed E-state index contributed by atoms with van der Waals surface area (Å²) in [4.78, 5) is 12.6. The van der Waals surface area contributed by atoms with Gasteiger partial charge in [-0.3, -0.25) is 4.79 Å². The van der Waals surface area contributed by atoms with Crippen molar-refractivity contribution in [2.45, 2.75) is 20.8 Å². The van der Waals surface area contributed by atoms with Crippen molar-refractivity contribution >= 4 is 20.3 Å². The van der Waals surface area contributed by atoms with Gasteiger partial charge in [-0.25, -0.2) is 0 Å². The van der Waals surface area contributed by atoms with Gasteiger partial charge in [0.25, 0.3) is 0 Å². The largest absolute Gasteiger partial charge is 1.00 e. The van der Waals surface area contributed by atoms with Crippen molar-refractivity contribution in [2.24, 2.45) is 0 Å². The van der Waals surface area contributed by atoms with Crippen LogP contribution in [0.25, 0.3) is 0 Å². The van der Waals surface area contributed by atoms with Gasteiger partial charge in [-0.15, -0.1) is 9.24 Å². The number of hydrogen-bond donors (Lipinski definition) is 0. The van der Waals surface area contributed by atoms with Crippen molar-refractivity contribution in [3.8, 4) is 0 Å². The Morgan fingerprint density at radius 1 is 1.05 bits per heavy atom. The van der Waals surface area contributed by atoms with Gasteiger partial charge in [-0.1, -0.05) is 42.0 Å². The summed E-state index contributed by atoms with van der Waals surface area (Å²) in [5.41, 5.74) is 4.88. The molecule has 1 unspecified atom stereocenters. The van der Waals surface area contributed by atoms with Crippen LogP contribution in [0.5, 0.6) is 0 Å². The zero-order valence-electron chi connectivity index (χ0n) is 12.9. The van der Waals surface area contributed by atoms with Crippen LogP contribution in [0.2, 0.25) is 0 Å². The molecular formula is C16H18NaOP. The monoisotopic (exact) mass is 280 g/mol. The molecule has 0 aliphatic carbocycles. The van der Waals surface area contributed by atoms with Crippen molar-refractivity contribution in [1.29, 1.82) is 0 Å². The Morgan fingerprint density at radius 3 is 2.11 bits per heavy atom. The van der Waals surface area contributed by atoms with Gasteiger partial charge < -0.3 is 1.43 Å². The zero-order valence-corrected chi connectivity index (χ0v) is 15.1. The molecule has 19 heavy (non-hydrogen) atoms. The molecule has 0 saturated heterocycles. The quantitative estimate of drug-likeness (QED) is 0.444. The standard InChI is InChI=1S/C16H17OP.Na.H/c1-10-8-11(2)15(12(3)9-10)16(17)13-6-4-5-7-14(13)18;;/h4-9H,18H2,1-3H3;;/q;+1;-1. The average Bonchev–Trinajstić information content (AvgIpc) is 2.27. The topological polar surface area (TPSA) is 17.1 Å². The van der Waals surface area contributed by atoms with Crippen LogP contribution in [0.15, 0.2) is 36.4 Å². The summed E-state index contributed by atoms with van der Waals surface area (Å²) in [6, 6.07) is 11.8. The van der Waals surface area contributed by atoms with Crippen molar-refractivity contribution in [2.75, 3.05) is 0 Å². The molecule has 2 aromatic carbocycles. The Labute approximate surface area is 140 Å². The Bertz CT molecular complexity index is 603. The Balaban J connectivity index is 0.00000180. The Hall–Kier alpha value is -0.460. The van der Waals surface area contributed by atoms with E-state index >= 15 is 0 Å². The van der Waals surface area contributed by atoms with E-state index in [1.807, 2.05) is 38.1 Å². The minimum absolute atomic E-state index is 0. The van der Waals surface area contributed by atoms with E-state index in [-0.39, 0.29) is 36.8 Å². The van der Waals surface area contributed by atoms with Gasteiger partial charge in [0.15, 0.2) is 5.78 Å². The number of aryl methyl sites for hydroxylation is 3. The SMILES string of the molecule is Cc1cc(C)c(C(=O)c2ccccc2P)c(C)c1.[H-].[Na+]. The number of carbonyl (C=O) groups is 1. The third kappa shape index (κ3) is 3.55. The number of hydrogen-bond acceptors (Lipinski definition) is 1. The second-order valence-electron chi connectivity index (χ2n) is 4.69. The molecule has 2 aromatic rings. The minimum Gasteiger partial charge on any atom is -1.00 e. The average molecular weight is 280 g/mol. The van der Waals surface area contributed by atoms with Crippen molar-refractivity contribution < 1.29 is 35.8 Å². The van der Waals surface area contributed by atoms with E-state index in [2.05, 4.69) is 28.3 Å². The molecule has 0 heterocycles. The maximum absolute atomic E-state index is 12.6. The van der Waals surface area contributed by atoms with Crippen molar-refractivity contribution in [3.05, 3.63) is 64.2 Å². The molecule has 0 bridgehead atoms. The van der Waals surface area contributed by atoms with Crippen LogP contribution in [-0.4, -0.2) is 5.78 Å². The van der Waals surface area contributed by atoms with E-state index in [0.717, 1.165) is 27.6 Å². The minimum atomic E-state index is 0. The number of rotatable bonds is 2. The van der Waals surface area contributed by atoms with Gasteiger partial charge in [-0.2, -0.15) is 0 Å². The molecule has 2 rings (SSSR count). The molecule has 0 aliphatic heterocycles. The molecule has 0 N–H and O–H groups in total. The molecule has 0 saturated carbocycles. The van der Waals surface area contributed by atoms with Crippen LogP contribution in [0, 0.1) is 20.8 Å². The van der Waals surface area contributed by atoms with E-state index in [9.17, 15) is 4.79 Å². The van der Waals surface area contributed by atoms with E-state index in [0.29, 0.717) is 0 Å². The fourth-order valence-electron chi connectivity index (χ4n) is 2.38. The summed E-state index contributed by atoms with van der Waals surface area (Å²) >= 11 is 0. The third-order valence-electron chi connectivity index (χ3n) is 3.11. The first kappa shape index (κ1) is 16.6. The third-order valence-corrected chi connectivity index (χ3v) is 3.61. The second-order valence-corrected chi connectivity index (χ2v) is 5.31. The summed E-state index contributed by atoms with van der Waals surface area (Å²) in [5, 5.41) is 0.946. The second kappa shape index (κ2) is 6.81. The Kier molecular flexibility index (Phi) is 5.95. The van der Waals surface area contributed by atoms with E-state index in [1.165, 1.54) is 5.56 Å². The maximum Gasteiger partial charge on any atom is 1.00 e. The molecule has 3 heteroatoms. The number of benzene rings is 2. The van der Waals surface area contributed by atoms with E-state index < -0.39 is 0 Å². The zero-order chi connectivity index (χ0) is 13.3. The molecule has 1 nitrogen and oxygen atoms in total. The van der Waals surface area contributed by atoms with Crippen LogP contribution in [0.1, 0.15) is 34.0 Å². The summed E-state index contributed by atoms with van der Waals surface area (Å²) in [6.45, 7) is 6.05. The first-order valence-corrected chi connectivity index (χ1v) is 6.55. The van der Waals surface area contributed by atoms with Crippen LogP contribution < -0.4 is 34.9 Å². The van der Waals surface area contributed by atoms with Crippen LogP contribution in [0.4, 0.5) is 0 Å². The maximum atomic E-state index is 12.6. The first-order chi connectivity index (χ1) is 8.50. The Morgan fingerprint density at radius 2 is 1.58 bits per heavy atom. The molecule has 0 aliphatic rings. The smallest absolute Gasteiger partial charge is 1.00 e.